The molecule has 0 saturated carbocycles. The summed E-state index contributed by atoms with van der Waals surface area (Å²) in [6.07, 6.45) is 3.27. The number of nitrogens with zero attached hydrogens (tertiary/aromatic N) is 2. The number of hydrogen-bond acceptors (Lipinski definition) is 4. The molecule has 2 aromatic rings. The maximum atomic E-state index is 12.7. The number of carbonyl (C=O) groups is 2. The highest BCUT2D eigenvalue weighted by molar-refractivity contribution is 5.76. The molecule has 1 aromatic heterocycles. The molecule has 0 radical (unpaired) electrons. The molecule has 2 amide bonds. The van der Waals surface area contributed by atoms with Crippen LogP contribution in [-0.4, -0.2) is 47.1 Å². The number of amides is 2. The average Bonchev–Trinajstić information content (AvgIpc) is 3.13. The van der Waals surface area contributed by atoms with Crippen LogP contribution in [0.2, 0.25) is 0 Å². The number of aromatic nitrogens is 2. The smallest absolute Gasteiger partial charge is 0.318 e. The molecule has 0 bridgehead atoms. The van der Waals surface area contributed by atoms with Crippen molar-refractivity contribution in [1.82, 2.24) is 20.2 Å². The van der Waals surface area contributed by atoms with Gasteiger partial charge in [0.15, 0.2) is 0 Å². The van der Waals surface area contributed by atoms with Crippen LogP contribution < -0.4 is 5.32 Å². The molecule has 0 aliphatic carbocycles. The minimum absolute atomic E-state index is 0.146. The van der Waals surface area contributed by atoms with Crippen molar-refractivity contribution in [2.45, 2.75) is 25.3 Å². The molecular formula is C18H22N4O3. The monoisotopic (exact) mass is 342 g/mol. The Kier molecular flexibility index (Phi) is 5.33. The van der Waals surface area contributed by atoms with Crippen LogP contribution in [0.15, 0.2) is 36.7 Å². The molecular weight excluding hydrogens is 320 g/mol. The van der Waals surface area contributed by atoms with Gasteiger partial charge in [-0.3, -0.25) is 4.79 Å². The van der Waals surface area contributed by atoms with E-state index in [2.05, 4.69) is 20.0 Å². The van der Waals surface area contributed by atoms with Crippen LogP contribution in [0.5, 0.6) is 0 Å². The molecule has 0 saturated heterocycles. The van der Waals surface area contributed by atoms with Gasteiger partial charge in [-0.25, -0.2) is 9.78 Å². The third-order valence-electron chi connectivity index (χ3n) is 4.36. The largest absolute Gasteiger partial charge is 0.469 e. The number of hydrogen-bond donors (Lipinski definition) is 2. The van der Waals surface area contributed by atoms with E-state index in [1.807, 2.05) is 30.3 Å². The second-order valence-electron chi connectivity index (χ2n) is 5.93. The number of fused-ring (bicyclic) bond motifs is 1. The van der Waals surface area contributed by atoms with Crippen LogP contribution >= 0.6 is 0 Å². The summed E-state index contributed by atoms with van der Waals surface area (Å²) in [7, 11) is 1.36. The third-order valence-corrected chi connectivity index (χ3v) is 4.36. The Labute approximate surface area is 146 Å². The Bertz CT molecular complexity index is 729. The van der Waals surface area contributed by atoms with Crippen molar-refractivity contribution < 1.29 is 14.3 Å². The van der Waals surface area contributed by atoms with E-state index in [9.17, 15) is 9.59 Å². The third kappa shape index (κ3) is 3.81. The van der Waals surface area contributed by atoms with Crippen molar-refractivity contribution in [3.8, 4) is 0 Å². The summed E-state index contributed by atoms with van der Waals surface area (Å²) in [6.45, 7) is 1.04. The SMILES string of the molecule is COC(=O)CCCNC(=O)N1CCc2[nH]cnc2[C@@H]1c1ccccc1. The van der Waals surface area contributed by atoms with E-state index >= 15 is 0 Å². The van der Waals surface area contributed by atoms with E-state index < -0.39 is 0 Å². The van der Waals surface area contributed by atoms with Crippen molar-refractivity contribution >= 4 is 12.0 Å². The number of methoxy groups -OCH3 is 1. The van der Waals surface area contributed by atoms with E-state index in [4.69, 9.17) is 0 Å². The first-order valence-electron chi connectivity index (χ1n) is 8.39. The van der Waals surface area contributed by atoms with Gasteiger partial charge in [-0.05, 0) is 12.0 Å². The molecule has 1 aliphatic rings. The molecule has 3 rings (SSSR count). The van der Waals surface area contributed by atoms with Crippen LogP contribution in [0.4, 0.5) is 4.79 Å². The second-order valence-corrected chi connectivity index (χ2v) is 5.93. The molecule has 1 aromatic carbocycles. The lowest BCUT2D eigenvalue weighted by Gasteiger charge is -2.35. The number of urea groups is 1. The van der Waals surface area contributed by atoms with Gasteiger partial charge in [0, 0.05) is 31.6 Å². The summed E-state index contributed by atoms with van der Waals surface area (Å²) in [5, 5.41) is 2.90. The van der Waals surface area contributed by atoms with Gasteiger partial charge < -0.3 is 19.9 Å². The fraction of sp³-hybridized carbons (Fsp3) is 0.389. The number of carbonyl (C=O) groups excluding carboxylic acids is 2. The average molecular weight is 342 g/mol. The van der Waals surface area contributed by atoms with Crippen molar-refractivity contribution in [3.05, 3.63) is 53.6 Å². The van der Waals surface area contributed by atoms with E-state index in [-0.39, 0.29) is 18.0 Å². The summed E-state index contributed by atoms with van der Waals surface area (Å²) in [5.74, 6) is -0.268. The quantitative estimate of drug-likeness (QED) is 0.643. The van der Waals surface area contributed by atoms with Gasteiger partial charge in [0.2, 0.25) is 0 Å². The van der Waals surface area contributed by atoms with Crippen LogP contribution in [-0.2, 0) is 16.0 Å². The number of rotatable bonds is 5. The Morgan fingerprint density at radius 1 is 1.36 bits per heavy atom. The van der Waals surface area contributed by atoms with Crippen molar-refractivity contribution in [2.24, 2.45) is 0 Å². The number of benzene rings is 1. The number of nitrogens with one attached hydrogen (secondary N) is 2. The van der Waals surface area contributed by atoms with Gasteiger partial charge in [0.05, 0.1) is 19.1 Å². The molecule has 7 heteroatoms. The predicted octanol–water partition coefficient (Wildman–Crippen LogP) is 2.02. The van der Waals surface area contributed by atoms with Gasteiger partial charge in [0.1, 0.15) is 6.04 Å². The van der Waals surface area contributed by atoms with Gasteiger partial charge in [-0.2, -0.15) is 0 Å². The lowest BCUT2D eigenvalue weighted by molar-refractivity contribution is -0.140. The van der Waals surface area contributed by atoms with E-state index in [0.29, 0.717) is 25.9 Å². The molecule has 132 valence electrons. The zero-order chi connectivity index (χ0) is 17.6. The first kappa shape index (κ1) is 17.0. The number of imidazole rings is 1. The number of esters is 1. The summed E-state index contributed by atoms with van der Waals surface area (Å²) in [6, 6.07) is 9.53. The van der Waals surface area contributed by atoms with Crippen molar-refractivity contribution in [3.63, 3.8) is 0 Å². The number of H-pyrrole nitrogens is 1. The molecule has 1 aliphatic heterocycles. The molecule has 2 heterocycles. The minimum Gasteiger partial charge on any atom is -0.469 e. The van der Waals surface area contributed by atoms with E-state index in [1.165, 1.54) is 7.11 Å². The highest BCUT2D eigenvalue weighted by Gasteiger charge is 2.33. The minimum atomic E-state index is -0.268. The first-order valence-corrected chi connectivity index (χ1v) is 8.39. The topological polar surface area (TPSA) is 87.3 Å². The van der Waals surface area contributed by atoms with Gasteiger partial charge in [0.25, 0.3) is 0 Å². The first-order chi connectivity index (χ1) is 12.2. The molecule has 25 heavy (non-hydrogen) atoms. The van der Waals surface area contributed by atoms with Gasteiger partial charge in [-0.15, -0.1) is 0 Å². The normalized spacial score (nSPS) is 16.2. The van der Waals surface area contributed by atoms with Crippen LogP contribution in [0, 0.1) is 0 Å². The molecule has 0 unspecified atom stereocenters. The maximum Gasteiger partial charge on any atom is 0.318 e. The molecule has 1 atom stereocenters. The van der Waals surface area contributed by atoms with E-state index in [1.54, 1.807) is 11.2 Å². The summed E-state index contributed by atoms with van der Waals surface area (Å²) < 4.78 is 4.60. The number of ether oxygens (including phenoxy) is 1. The lowest BCUT2D eigenvalue weighted by Crippen LogP contribution is -2.46. The standard InChI is InChI=1S/C18H22N4O3/c1-25-15(23)8-5-10-19-18(24)22-11-9-14-16(21-12-20-14)17(22)13-6-3-2-4-7-13/h2-4,6-7,12,17H,5,8-11H2,1H3,(H,19,24)(H,20,21)/t17-/m0/s1. The van der Waals surface area contributed by atoms with Crippen molar-refractivity contribution in [1.29, 1.82) is 0 Å². The maximum absolute atomic E-state index is 12.7. The Hall–Kier alpha value is -2.83. The zero-order valence-electron chi connectivity index (χ0n) is 14.2. The highest BCUT2D eigenvalue weighted by atomic mass is 16.5. The Morgan fingerprint density at radius 3 is 2.92 bits per heavy atom. The van der Waals surface area contributed by atoms with Gasteiger partial charge >= 0.3 is 12.0 Å². The van der Waals surface area contributed by atoms with Crippen molar-refractivity contribution in [2.75, 3.05) is 20.2 Å². The van der Waals surface area contributed by atoms with E-state index in [0.717, 1.165) is 23.4 Å². The zero-order valence-corrected chi connectivity index (χ0v) is 14.2. The Balaban J connectivity index is 1.71. The summed E-state index contributed by atoms with van der Waals surface area (Å²) >= 11 is 0. The molecule has 2 N–H and O–H groups in total. The molecule has 7 nitrogen and oxygen atoms in total. The van der Waals surface area contributed by atoms with Crippen LogP contribution in [0.1, 0.15) is 35.8 Å². The lowest BCUT2D eigenvalue weighted by atomic mass is 9.96. The summed E-state index contributed by atoms with van der Waals surface area (Å²) in [5.41, 5.74) is 2.99. The van der Waals surface area contributed by atoms with Gasteiger partial charge in [-0.1, -0.05) is 30.3 Å². The fourth-order valence-corrected chi connectivity index (χ4v) is 3.10. The number of aromatic amines is 1. The van der Waals surface area contributed by atoms with Crippen LogP contribution in [0.3, 0.4) is 0 Å². The fourth-order valence-electron chi connectivity index (χ4n) is 3.10. The predicted molar refractivity (Wildman–Crippen MR) is 91.9 cm³/mol. The van der Waals surface area contributed by atoms with Crippen LogP contribution in [0.25, 0.3) is 0 Å². The summed E-state index contributed by atoms with van der Waals surface area (Å²) in [4.78, 5) is 33.2. The molecule has 0 spiro atoms. The second kappa shape index (κ2) is 7.83. The highest BCUT2D eigenvalue weighted by Crippen LogP contribution is 2.33. The Morgan fingerprint density at radius 2 is 2.16 bits per heavy atom. The molecule has 0 fully saturated rings.